The lowest BCUT2D eigenvalue weighted by molar-refractivity contribution is 0.100. The number of rotatable bonds is 4. The van der Waals surface area contributed by atoms with Crippen LogP contribution in [0.3, 0.4) is 0 Å². The number of halogens is 1. The van der Waals surface area contributed by atoms with Crippen LogP contribution in [0, 0.1) is 5.82 Å². The molecular weight excluding hydrogens is 399 g/mol. The van der Waals surface area contributed by atoms with Gasteiger partial charge in [0.2, 0.25) is 0 Å². The van der Waals surface area contributed by atoms with Gasteiger partial charge in [-0.1, -0.05) is 42.1 Å². The largest absolute Gasteiger partial charge is 0.346 e. The van der Waals surface area contributed by atoms with E-state index < -0.39 is 9.84 Å². The zero-order valence-electron chi connectivity index (χ0n) is 15.0. The molecule has 2 aliphatic heterocycles. The van der Waals surface area contributed by atoms with Gasteiger partial charge in [0.15, 0.2) is 15.0 Å². The minimum absolute atomic E-state index is 0.0760. The Bertz CT molecular complexity index is 1010. The number of benzene rings is 2. The molecule has 2 heterocycles. The summed E-state index contributed by atoms with van der Waals surface area (Å²) in [6.07, 6.45) is 0.614. The highest BCUT2D eigenvalue weighted by Crippen LogP contribution is 2.38. The van der Waals surface area contributed by atoms with Gasteiger partial charge in [0.25, 0.3) is 5.91 Å². The average molecular weight is 419 g/mol. The lowest BCUT2D eigenvalue weighted by Crippen LogP contribution is -2.39. The molecule has 0 N–H and O–H groups in total. The van der Waals surface area contributed by atoms with Gasteiger partial charge >= 0.3 is 0 Å². The highest BCUT2D eigenvalue weighted by molar-refractivity contribution is 8.15. The van der Waals surface area contributed by atoms with Crippen molar-refractivity contribution in [3.63, 3.8) is 0 Å². The van der Waals surface area contributed by atoms with Gasteiger partial charge in [-0.2, -0.15) is 4.99 Å². The number of thioether (sulfide) groups is 1. The van der Waals surface area contributed by atoms with Gasteiger partial charge in [0, 0.05) is 17.4 Å². The first-order valence-corrected chi connectivity index (χ1v) is 11.7. The van der Waals surface area contributed by atoms with Gasteiger partial charge in [-0.25, -0.2) is 12.8 Å². The number of carbonyl (C=O) groups excluding carboxylic acids is 1. The molecule has 2 aromatic carbocycles. The number of fused-ring (bicyclic) bond motifs is 1. The molecule has 2 fully saturated rings. The van der Waals surface area contributed by atoms with Crippen molar-refractivity contribution in [2.75, 3.05) is 18.1 Å². The maximum atomic E-state index is 13.1. The standard InChI is InChI=1S/C20H19FN2O3S2/c21-16-8-6-14(7-9-16)10-11-23-17-12-28(25,26)13-18(17)27-20(23)22-19(24)15-4-2-1-3-5-15/h1-9,17-18H,10-13H2/t17-,18-/m0/s1. The first kappa shape index (κ1) is 19.1. The van der Waals surface area contributed by atoms with Gasteiger partial charge in [-0.3, -0.25) is 4.79 Å². The second kappa shape index (κ2) is 7.67. The maximum Gasteiger partial charge on any atom is 0.279 e. The number of carbonyl (C=O) groups is 1. The molecule has 0 radical (unpaired) electrons. The quantitative estimate of drug-likeness (QED) is 0.764. The third-order valence-electron chi connectivity index (χ3n) is 4.95. The maximum absolute atomic E-state index is 13.1. The Morgan fingerprint density at radius 1 is 1.11 bits per heavy atom. The summed E-state index contributed by atoms with van der Waals surface area (Å²) in [5.74, 6) is -0.448. The van der Waals surface area contributed by atoms with Crippen molar-refractivity contribution in [2.45, 2.75) is 17.7 Å². The molecule has 0 aliphatic carbocycles. The van der Waals surface area contributed by atoms with Gasteiger partial charge < -0.3 is 4.90 Å². The summed E-state index contributed by atoms with van der Waals surface area (Å²) >= 11 is 1.37. The van der Waals surface area contributed by atoms with E-state index >= 15 is 0 Å². The topological polar surface area (TPSA) is 66.8 Å². The predicted molar refractivity (Wildman–Crippen MR) is 109 cm³/mol. The van der Waals surface area contributed by atoms with Crippen molar-refractivity contribution in [3.8, 4) is 0 Å². The van der Waals surface area contributed by atoms with Crippen molar-refractivity contribution in [3.05, 3.63) is 71.5 Å². The molecule has 2 atom stereocenters. The van der Waals surface area contributed by atoms with E-state index in [4.69, 9.17) is 0 Å². The number of hydrogen-bond acceptors (Lipinski definition) is 4. The molecule has 2 aliphatic rings. The van der Waals surface area contributed by atoms with Crippen LogP contribution in [0.2, 0.25) is 0 Å². The zero-order valence-corrected chi connectivity index (χ0v) is 16.6. The summed E-state index contributed by atoms with van der Waals surface area (Å²) in [6, 6.07) is 14.9. The summed E-state index contributed by atoms with van der Waals surface area (Å²) in [5.41, 5.74) is 1.45. The molecular formula is C20H19FN2O3S2. The van der Waals surface area contributed by atoms with Crippen LogP contribution >= 0.6 is 11.8 Å². The molecule has 0 bridgehead atoms. The number of amides is 1. The van der Waals surface area contributed by atoms with E-state index in [1.54, 1.807) is 36.4 Å². The number of aliphatic imine (C=N–C) groups is 1. The molecule has 28 heavy (non-hydrogen) atoms. The number of nitrogens with zero attached hydrogens (tertiary/aromatic N) is 2. The molecule has 4 rings (SSSR count). The van der Waals surface area contributed by atoms with E-state index in [1.807, 2.05) is 11.0 Å². The van der Waals surface area contributed by atoms with Crippen molar-refractivity contribution in [1.82, 2.24) is 4.90 Å². The Balaban J connectivity index is 1.57. The predicted octanol–water partition coefficient (Wildman–Crippen LogP) is 2.78. The van der Waals surface area contributed by atoms with Crippen molar-refractivity contribution in [2.24, 2.45) is 4.99 Å². The molecule has 0 saturated carbocycles. The molecule has 1 amide bonds. The van der Waals surface area contributed by atoms with Gasteiger partial charge in [0.1, 0.15) is 5.82 Å². The molecule has 0 aromatic heterocycles. The summed E-state index contributed by atoms with van der Waals surface area (Å²) < 4.78 is 37.2. The first-order valence-electron chi connectivity index (χ1n) is 8.97. The van der Waals surface area contributed by atoms with E-state index in [9.17, 15) is 17.6 Å². The highest BCUT2D eigenvalue weighted by atomic mass is 32.2. The molecule has 0 spiro atoms. The van der Waals surface area contributed by atoms with E-state index in [2.05, 4.69) is 4.99 Å². The van der Waals surface area contributed by atoms with Crippen molar-refractivity contribution >= 4 is 32.7 Å². The molecule has 0 unspecified atom stereocenters. The van der Waals surface area contributed by atoms with E-state index in [0.717, 1.165) is 5.56 Å². The van der Waals surface area contributed by atoms with Crippen LogP contribution in [0.1, 0.15) is 15.9 Å². The lowest BCUT2D eigenvalue weighted by atomic mass is 10.1. The number of amidine groups is 1. The van der Waals surface area contributed by atoms with E-state index in [0.29, 0.717) is 23.7 Å². The molecule has 8 heteroatoms. The Hall–Kier alpha value is -2.19. The minimum atomic E-state index is -3.08. The molecule has 2 saturated heterocycles. The van der Waals surface area contributed by atoms with Gasteiger partial charge in [-0.15, -0.1) is 0 Å². The summed E-state index contributed by atoms with van der Waals surface area (Å²) in [4.78, 5) is 18.7. The van der Waals surface area contributed by atoms with Crippen LogP contribution in [-0.2, 0) is 16.3 Å². The van der Waals surface area contributed by atoms with E-state index in [-0.39, 0.29) is 34.5 Å². The van der Waals surface area contributed by atoms with Gasteiger partial charge in [0.05, 0.1) is 17.5 Å². The Morgan fingerprint density at radius 3 is 2.54 bits per heavy atom. The normalized spacial score (nSPS) is 24.5. The Kier molecular flexibility index (Phi) is 5.25. The summed E-state index contributed by atoms with van der Waals surface area (Å²) in [6.45, 7) is 0.524. The second-order valence-corrected chi connectivity index (χ2v) is 10.3. The Morgan fingerprint density at radius 2 is 1.82 bits per heavy atom. The number of hydrogen-bond donors (Lipinski definition) is 0. The third-order valence-corrected chi connectivity index (χ3v) is 8.20. The summed E-state index contributed by atoms with van der Waals surface area (Å²) in [5, 5.41) is 0.460. The molecule has 146 valence electrons. The fourth-order valence-electron chi connectivity index (χ4n) is 3.53. The smallest absolute Gasteiger partial charge is 0.279 e. The minimum Gasteiger partial charge on any atom is -0.346 e. The summed E-state index contributed by atoms with van der Waals surface area (Å²) in [7, 11) is -3.08. The van der Waals surface area contributed by atoms with E-state index in [1.165, 1.54) is 23.9 Å². The van der Waals surface area contributed by atoms with Crippen molar-refractivity contribution < 1.29 is 17.6 Å². The first-order chi connectivity index (χ1) is 13.4. The number of sulfone groups is 1. The van der Waals surface area contributed by atoms with Crippen LogP contribution in [0.25, 0.3) is 0 Å². The second-order valence-electron chi connectivity index (χ2n) is 6.94. The fourth-order valence-corrected chi connectivity index (χ4v) is 7.51. The van der Waals surface area contributed by atoms with Crippen molar-refractivity contribution in [1.29, 1.82) is 0 Å². The average Bonchev–Trinajstić information content (AvgIpc) is 3.13. The monoisotopic (exact) mass is 418 g/mol. The van der Waals surface area contributed by atoms with Crippen LogP contribution in [0.4, 0.5) is 4.39 Å². The van der Waals surface area contributed by atoms with Crippen LogP contribution in [0.5, 0.6) is 0 Å². The fraction of sp³-hybridized carbons (Fsp3) is 0.300. The molecule has 5 nitrogen and oxygen atoms in total. The molecule has 2 aromatic rings. The Labute approximate surface area is 167 Å². The van der Waals surface area contributed by atoms with Crippen LogP contribution in [-0.4, -0.2) is 53.7 Å². The van der Waals surface area contributed by atoms with Gasteiger partial charge in [-0.05, 0) is 36.2 Å². The lowest BCUT2D eigenvalue weighted by Gasteiger charge is -2.24. The van der Waals surface area contributed by atoms with Crippen LogP contribution < -0.4 is 0 Å². The SMILES string of the molecule is O=C(N=C1S[C@H]2CS(=O)(=O)C[C@@H]2N1CCc1ccc(F)cc1)c1ccccc1. The van der Waals surface area contributed by atoms with Crippen LogP contribution in [0.15, 0.2) is 59.6 Å². The zero-order chi connectivity index (χ0) is 19.7. The third kappa shape index (κ3) is 4.12. The highest BCUT2D eigenvalue weighted by Gasteiger charge is 2.48.